The standard InChI is InChI=1S/C9H6Br2F3NO2/c10-4-1-6(11)8(15-3-4)5(2-7(16)17)9(12,13)14/h1,3,5H,2H2,(H,16,17). The number of pyridine rings is 1. The van der Waals surface area contributed by atoms with Gasteiger partial charge in [0.1, 0.15) is 5.92 Å². The fourth-order valence-corrected chi connectivity index (χ4v) is 2.49. The SMILES string of the molecule is O=C(O)CC(c1ncc(Br)cc1Br)C(F)(F)F. The average Bonchev–Trinajstić information content (AvgIpc) is 2.13. The van der Waals surface area contributed by atoms with Gasteiger partial charge in [0.25, 0.3) is 0 Å². The van der Waals surface area contributed by atoms with E-state index in [0.717, 1.165) is 0 Å². The third-order valence-corrected chi connectivity index (χ3v) is 3.01. The molecule has 0 fully saturated rings. The van der Waals surface area contributed by atoms with Gasteiger partial charge in [0.2, 0.25) is 0 Å². The Morgan fingerprint density at radius 3 is 2.47 bits per heavy atom. The number of aliphatic carboxylic acids is 1. The molecule has 0 aliphatic carbocycles. The first kappa shape index (κ1) is 14.4. The molecule has 0 bridgehead atoms. The van der Waals surface area contributed by atoms with Gasteiger partial charge in [0.15, 0.2) is 0 Å². The first-order valence-corrected chi connectivity index (χ1v) is 5.90. The van der Waals surface area contributed by atoms with Gasteiger partial charge in [-0.3, -0.25) is 9.78 Å². The van der Waals surface area contributed by atoms with Crippen molar-refractivity contribution in [3.63, 3.8) is 0 Å². The monoisotopic (exact) mass is 375 g/mol. The number of alkyl halides is 3. The van der Waals surface area contributed by atoms with Gasteiger partial charge in [0.05, 0.1) is 12.1 Å². The minimum absolute atomic E-state index is 0.121. The molecule has 0 amide bonds. The number of aromatic nitrogens is 1. The number of carboxylic acids is 1. The van der Waals surface area contributed by atoms with E-state index in [9.17, 15) is 18.0 Å². The second-order valence-corrected chi connectivity index (χ2v) is 4.98. The van der Waals surface area contributed by atoms with E-state index in [0.29, 0.717) is 4.47 Å². The van der Waals surface area contributed by atoms with Crippen molar-refractivity contribution in [1.29, 1.82) is 0 Å². The molecular weight excluding hydrogens is 371 g/mol. The third kappa shape index (κ3) is 3.95. The van der Waals surface area contributed by atoms with Gasteiger partial charge in [-0.1, -0.05) is 0 Å². The lowest BCUT2D eigenvalue weighted by Crippen LogP contribution is -2.25. The van der Waals surface area contributed by atoms with Crippen LogP contribution in [-0.4, -0.2) is 22.2 Å². The molecule has 0 saturated carbocycles. The van der Waals surface area contributed by atoms with Gasteiger partial charge >= 0.3 is 12.1 Å². The van der Waals surface area contributed by atoms with Crippen LogP contribution in [0.1, 0.15) is 18.0 Å². The quantitative estimate of drug-likeness (QED) is 0.874. The molecule has 1 atom stereocenters. The Morgan fingerprint density at radius 2 is 2.06 bits per heavy atom. The summed E-state index contributed by atoms with van der Waals surface area (Å²) in [4.78, 5) is 14.1. The van der Waals surface area contributed by atoms with Crippen molar-refractivity contribution in [1.82, 2.24) is 4.98 Å². The van der Waals surface area contributed by atoms with Crippen molar-refractivity contribution in [2.24, 2.45) is 0 Å². The number of carboxylic acid groups (broad SMARTS) is 1. The van der Waals surface area contributed by atoms with Crippen molar-refractivity contribution in [2.45, 2.75) is 18.5 Å². The predicted octanol–water partition coefficient (Wildman–Crippen LogP) is 3.73. The van der Waals surface area contributed by atoms with E-state index < -0.39 is 24.5 Å². The second-order valence-electron chi connectivity index (χ2n) is 3.21. The van der Waals surface area contributed by atoms with Gasteiger partial charge < -0.3 is 5.11 Å². The minimum Gasteiger partial charge on any atom is -0.481 e. The average molecular weight is 377 g/mol. The molecule has 17 heavy (non-hydrogen) atoms. The zero-order valence-corrected chi connectivity index (χ0v) is 11.3. The van der Waals surface area contributed by atoms with E-state index in [1.807, 2.05) is 0 Å². The van der Waals surface area contributed by atoms with Gasteiger partial charge in [0, 0.05) is 15.1 Å². The first-order valence-electron chi connectivity index (χ1n) is 4.31. The summed E-state index contributed by atoms with van der Waals surface area (Å²) in [5, 5.41) is 8.50. The molecule has 1 rings (SSSR count). The molecule has 94 valence electrons. The van der Waals surface area contributed by atoms with Crippen LogP contribution in [0.5, 0.6) is 0 Å². The number of nitrogens with zero attached hydrogens (tertiary/aromatic N) is 1. The molecule has 1 unspecified atom stereocenters. The maximum absolute atomic E-state index is 12.7. The number of hydrogen-bond donors (Lipinski definition) is 1. The van der Waals surface area contributed by atoms with Crippen LogP contribution in [0.2, 0.25) is 0 Å². The van der Waals surface area contributed by atoms with Crippen molar-refractivity contribution in [3.05, 3.63) is 26.9 Å². The van der Waals surface area contributed by atoms with Crippen LogP contribution in [-0.2, 0) is 4.79 Å². The molecule has 8 heteroatoms. The summed E-state index contributed by atoms with van der Waals surface area (Å²) in [5.41, 5.74) is -0.330. The molecule has 0 saturated heterocycles. The summed E-state index contributed by atoms with van der Waals surface area (Å²) in [6.45, 7) is 0. The first-order chi connectivity index (χ1) is 7.71. The summed E-state index contributed by atoms with van der Waals surface area (Å²) >= 11 is 6.00. The van der Waals surface area contributed by atoms with Crippen LogP contribution in [0.3, 0.4) is 0 Å². The molecule has 0 radical (unpaired) electrons. The molecular formula is C9H6Br2F3NO2. The molecule has 0 aromatic carbocycles. The molecule has 1 aromatic heterocycles. The topological polar surface area (TPSA) is 50.2 Å². The van der Waals surface area contributed by atoms with Crippen LogP contribution >= 0.6 is 31.9 Å². The Labute approximate surface area is 111 Å². The molecule has 0 aliphatic rings. The smallest absolute Gasteiger partial charge is 0.397 e. The Bertz CT molecular complexity index is 437. The van der Waals surface area contributed by atoms with Crippen LogP contribution in [0, 0.1) is 0 Å². The fraction of sp³-hybridized carbons (Fsp3) is 0.333. The molecule has 3 nitrogen and oxygen atoms in total. The van der Waals surface area contributed by atoms with Crippen LogP contribution in [0.4, 0.5) is 13.2 Å². The van der Waals surface area contributed by atoms with Crippen LogP contribution in [0.15, 0.2) is 21.2 Å². The van der Waals surface area contributed by atoms with Gasteiger partial charge in [-0.15, -0.1) is 0 Å². The van der Waals surface area contributed by atoms with E-state index in [2.05, 4.69) is 36.8 Å². The third-order valence-electron chi connectivity index (χ3n) is 1.94. The van der Waals surface area contributed by atoms with E-state index in [1.165, 1.54) is 12.3 Å². The maximum Gasteiger partial charge on any atom is 0.397 e. The maximum atomic E-state index is 12.7. The number of rotatable bonds is 3. The summed E-state index contributed by atoms with van der Waals surface area (Å²) in [6.07, 6.45) is -4.50. The largest absolute Gasteiger partial charge is 0.481 e. The highest BCUT2D eigenvalue weighted by atomic mass is 79.9. The fourth-order valence-electron chi connectivity index (χ4n) is 1.22. The van der Waals surface area contributed by atoms with Gasteiger partial charge in [-0.05, 0) is 37.9 Å². The lowest BCUT2D eigenvalue weighted by atomic mass is 10.0. The van der Waals surface area contributed by atoms with E-state index in [-0.39, 0.29) is 10.2 Å². The highest BCUT2D eigenvalue weighted by Gasteiger charge is 2.43. The van der Waals surface area contributed by atoms with Crippen molar-refractivity contribution in [2.75, 3.05) is 0 Å². The van der Waals surface area contributed by atoms with E-state index >= 15 is 0 Å². The highest BCUT2D eigenvalue weighted by Crippen LogP contribution is 2.39. The number of halogens is 5. The molecule has 1 aromatic rings. The normalized spacial score (nSPS) is 13.5. The molecule has 1 heterocycles. The minimum atomic E-state index is -4.65. The highest BCUT2D eigenvalue weighted by molar-refractivity contribution is 9.11. The zero-order valence-electron chi connectivity index (χ0n) is 8.13. The van der Waals surface area contributed by atoms with Gasteiger partial charge in [-0.2, -0.15) is 13.2 Å². The van der Waals surface area contributed by atoms with Gasteiger partial charge in [-0.25, -0.2) is 0 Å². The lowest BCUT2D eigenvalue weighted by molar-refractivity contribution is -0.164. The van der Waals surface area contributed by atoms with Crippen molar-refractivity contribution >= 4 is 37.8 Å². The summed E-state index contributed by atoms with van der Waals surface area (Å²) in [6, 6.07) is 1.39. The Kier molecular flexibility index (Phi) is 4.54. The summed E-state index contributed by atoms with van der Waals surface area (Å²) < 4.78 is 38.8. The molecule has 0 aliphatic heterocycles. The summed E-state index contributed by atoms with van der Waals surface area (Å²) in [5.74, 6) is -3.65. The number of carbonyl (C=O) groups is 1. The van der Waals surface area contributed by atoms with Crippen molar-refractivity contribution in [3.8, 4) is 0 Å². The van der Waals surface area contributed by atoms with Crippen molar-refractivity contribution < 1.29 is 23.1 Å². The van der Waals surface area contributed by atoms with Crippen LogP contribution < -0.4 is 0 Å². The second kappa shape index (κ2) is 5.34. The zero-order chi connectivity index (χ0) is 13.2. The van der Waals surface area contributed by atoms with E-state index in [4.69, 9.17) is 5.11 Å². The Morgan fingerprint density at radius 1 is 1.47 bits per heavy atom. The lowest BCUT2D eigenvalue weighted by Gasteiger charge is -2.19. The summed E-state index contributed by atoms with van der Waals surface area (Å²) in [7, 11) is 0. The Balaban J connectivity index is 3.17. The van der Waals surface area contributed by atoms with E-state index in [1.54, 1.807) is 0 Å². The van der Waals surface area contributed by atoms with Crippen LogP contribution in [0.25, 0.3) is 0 Å². The molecule has 1 N–H and O–H groups in total. The number of hydrogen-bond acceptors (Lipinski definition) is 2. The molecule has 0 spiro atoms. The Hall–Kier alpha value is -0.630. The predicted molar refractivity (Wildman–Crippen MR) is 60.7 cm³/mol.